The summed E-state index contributed by atoms with van der Waals surface area (Å²) in [6, 6.07) is 8.17. The fourth-order valence-electron chi connectivity index (χ4n) is 2.87. The molecule has 1 fully saturated rings. The molecule has 128 valence electrons. The van der Waals surface area contributed by atoms with Gasteiger partial charge < -0.3 is 15.4 Å². The number of rotatable bonds is 7. The van der Waals surface area contributed by atoms with E-state index in [2.05, 4.69) is 53.6 Å². The molecule has 2 atom stereocenters. The van der Waals surface area contributed by atoms with Gasteiger partial charge in [-0.3, -0.25) is 9.69 Å². The van der Waals surface area contributed by atoms with Crippen LogP contribution in [0.4, 0.5) is 0 Å². The monoisotopic (exact) mass is 319 g/mol. The zero-order chi connectivity index (χ0) is 16.7. The standard InChI is InChI=1S/C18H29N3O2/c1-4-21(5-2)13-16-8-6-7-15(11-16)12-20-18(22)17-14(3)23-10-9-19-17/h6-8,11,14,17,19H,4-5,9-10,12-13H2,1-3H3,(H,20,22)/t14-,17+/m1/s1. The Morgan fingerprint density at radius 2 is 2.09 bits per heavy atom. The number of morpholine rings is 1. The summed E-state index contributed by atoms with van der Waals surface area (Å²) >= 11 is 0. The molecule has 0 unspecified atom stereocenters. The summed E-state index contributed by atoms with van der Waals surface area (Å²) in [5.74, 6) is 0.00588. The van der Waals surface area contributed by atoms with Crippen LogP contribution in [0.3, 0.4) is 0 Å². The Balaban J connectivity index is 1.89. The molecule has 23 heavy (non-hydrogen) atoms. The largest absolute Gasteiger partial charge is 0.375 e. The highest BCUT2D eigenvalue weighted by Crippen LogP contribution is 2.09. The van der Waals surface area contributed by atoms with Crippen molar-refractivity contribution < 1.29 is 9.53 Å². The summed E-state index contributed by atoms with van der Waals surface area (Å²) in [5.41, 5.74) is 2.42. The molecule has 1 aliphatic heterocycles. The fourth-order valence-corrected chi connectivity index (χ4v) is 2.87. The van der Waals surface area contributed by atoms with Gasteiger partial charge in [0.15, 0.2) is 0 Å². The topological polar surface area (TPSA) is 53.6 Å². The molecule has 1 aromatic carbocycles. The van der Waals surface area contributed by atoms with Gasteiger partial charge in [0.25, 0.3) is 0 Å². The quantitative estimate of drug-likeness (QED) is 0.800. The number of hydrogen-bond donors (Lipinski definition) is 2. The van der Waals surface area contributed by atoms with Gasteiger partial charge in [-0.05, 0) is 31.1 Å². The minimum absolute atomic E-state index is 0.00588. The number of carbonyl (C=O) groups is 1. The third-order valence-corrected chi connectivity index (χ3v) is 4.36. The van der Waals surface area contributed by atoms with Crippen molar-refractivity contribution >= 4 is 5.91 Å². The van der Waals surface area contributed by atoms with Crippen LogP contribution in [0, 0.1) is 0 Å². The summed E-state index contributed by atoms with van der Waals surface area (Å²) in [6.07, 6.45) is -0.0854. The van der Waals surface area contributed by atoms with E-state index in [0.29, 0.717) is 13.2 Å². The van der Waals surface area contributed by atoms with E-state index in [1.807, 2.05) is 6.92 Å². The molecule has 0 aromatic heterocycles. The number of hydrogen-bond acceptors (Lipinski definition) is 4. The molecule has 1 aromatic rings. The Labute approximate surface area is 139 Å². The second kappa shape index (κ2) is 9.01. The first-order valence-electron chi connectivity index (χ1n) is 8.57. The van der Waals surface area contributed by atoms with Gasteiger partial charge in [0.1, 0.15) is 6.04 Å². The van der Waals surface area contributed by atoms with E-state index in [1.54, 1.807) is 0 Å². The summed E-state index contributed by atoms with van der Waals surface area (Å²) in [6.45, 7) is 11.3. The van der Waals surface area contributed by atoms with Gasteiger partial charge in [0.2, 0.25) is 5.91 Å². The molecule has 0 bridgehead atoms. The van der Waals surface area contributed by atoms with Crippen LogP contribution in [0.2, 0.25) is 0 Å². The van der Waals surface area contributed by atoms with Crippen molar-refractivity contribution in [3.8, 4) is 0 Å². The van der Waals surface area contributed by atoms with Gasteiger partial charge >= 0.3 is 0 Å². The van der Waals surface area contributed by atoms with E-state index in [1.165, 1.54) is 5.56 Å². The second-order valence-corrected chi connectivity index (χ2v) is 6.01. The zero-order valence-electron chi connectivity index (χ0n) is 14.5. The first-order chi connectivity index (χ1) is 11.1. The van der Waals surface area contributed by atoms with Crippen molar-refractivity contribution in [2.24, 2.45) is 0 Å². The minimum Gasteiger partial charge on any atom is -0.375 e. The van der Waals surface area contributed by atoms with E-state index >= 15 is 0 Å². The molecule has 5 nitrogen and oxygen atoms in total. The van der Waals surface area contributed by atoms with Crippen LogP contribution in [-0.2, 0) is 22.6 Å². The Bertz CT molecular complexity index is 503. The molecule has 0 saturated carbocycles. The Kier molecular flexibility index (Phi) is 7.02. The van der Waals surface area contributed by atoms with Crippen molar-refractivity contribution in [1.29, 1.82) is 0 Å². The smallest absolute Gasteiger partial charge is 0.240 e. The van der Waals surface area contributed by atoms with Crippen LogP contribution < -0.4 is 10.6 Å². The van der Waals surface area contributed by atoms with Gasteiger partial charge in [-0.15, -0.1) is 0 Å². The molecule has 0 aliphatic carbocycles. The molecule has 5 heteroatoms. The highest BCUT2D eigenvalue weighted by Gasteiger charge is 2.27. The summed E-state index contributed by atoms with van der Waals surface area (Å²) in [5, 5.41) is 6.23. The first kappa shape index (κ1) is 17.9. The van der Waals surface area contributed by atoms with E-state index in [9.17, 15) is 4.79 Å². The number of ether oxygens (including phenoxy) is 1. The van der Waals surface area contributed by atoms with Crippen LogP contribution in [-0.4, -0.2) is 49.2 Å². The normalized spacial score (nSPS) is 21.4. The van der Waals surface area contributed by atoms with Crippen LogP contribution in [0.15, 0.2) is 24.3 Å². The Morgan fingerprint density at radius 1 is 1.35 bits per heavy atom. The molecule has 1 heterocycles. The van der Waals surface area contributed by atoms with Crippen LogP contribution in [0.5, 0.6) is 0 Å². The predicted octanol–water partition coefficient (Wildman–Crippen LogP) is 1.52. The SMILES string of the molecule is CCN(CC)Cc1cccc(CNC(=O)[C@H]2NCCO[C@@H]2C)c1. The maximum absolute atomic E-state index is 12.3. The maximum Gasteiger partial charge on any atom is 0.240 e. The molecule has 1 aliphatic rings. The van der Waals surface area contributed by atoms with Crippen LogP contribution in [0.1, 0.15) is 31.9 Å². The average Bonchev–Trinajstić information content (AvgIpc) is 2.58. The molecule has 0 spiro atoms. The Morgan fingerprint density at radius 3 is 2.78 bits per heavy atom. The molecular formula is C18H29N3O2. The lowest BCUT2D eigenvalue weighted by molar-refractivity contribution is -0.129. The molecule has 2 rings (SSSR count). The number of amides is 1. The van der Waals surface area contributed by atoms with Crippen molar-refractivity contribution in [3.05, 3.63) is 35.4 Å². The average molecular weight is 319 g/mol. The molecule has 1 amide bonds. The van der Waals surface area contributed by atoms with Gasteiger partial charge in [0.05, 0.1) is 12.7 Å². The van der Waals surface area contributed by atoms with Crippen LogP contribution in [0.25, 0.3) is 0 Å². The number of nitrogens with one attached hydrogen (secondary N) is 2. The van der Waals surface area contributed by atoms with E-state index in [-0.39, 0.29) is 18.1 Å². The maximum atomic E-state index is 12.3. The highest BCUT2D eigenvalue weighted by atomic mass is 16.5. The number of nitrogens with zero attached hydrogens (tertiary/aromatic N) is 1. The van der Waals surface area contributed by atoms with Gasteiger partial charge in [-0.2, -0.15) is 0 Å². The summed E-state index contributed by atoms with van der Waals surface area (Å²) in [7, 11) is 0. The molecular weight excluding hydrogens is 290 g/mol. The van der Waals surface area contributed by atoms with Crippen LogP contribution >= 0.6 is 0 Å². The lowest BCUT2D eigenvalue weighted by atomic mass is 10.1. The zero-order valence-corrected chi connectivity index (χ0v) is 14.5. The number of benzene rings is 1. The van der Waals surface area contributed by atoms with Crippen molar-refractivity contribution in [3.63, 3.8) is 0 Å². The Hall–Kier alpha value is -1.43. The third-order valence-electron chi connectivity index (χ3n) is 4.36. The lowest BCUT2D eigenvalue weighted by Gasteiger charge is -2.29. The third kappa shape index (κ3) is 5.30. The van der Waals surface area contributed by atoms with E-state index < -0.39 is 0 Å². The van der Waals surface area contributed by atoms with E-state index in [4.69, 9.17) is 4.74 Å². The summed E-state index contributed by atoms with van der Waals surface area (Å²) in [4.78, 5) is 14.7. The first-order valence-corrected chi connectivity index (χ1v) is 8.57. The predicted molar refractivity (Wildman–Crippen MR) is 92.1 cm³/mol. The lowest BCUT2D eigenvalue weighted by Crippen LogP contribution is -2.55. The molecule has 2 N–H and O–H groups in total. The van der Waals surface area contributed by atoms with E-state index in [0.717, 1.165) is 31.7 Å². The second-order valence-electron chi connectivity index (χ2n) is 6.01. The van der Waals surface area contributed by atoms with Crippen molar-refractivity contribution in [2.45, 2.75) is 46.0 Å². The van der Waals surface area contributed by atoms with Gasteiger partial charge in [0, 0.05) is 19.6 Å². The molecule has 1 saturated heterocycles. The fraction of sp³-hybridized carbons (Fsp3) is 0.611. The summed E-state index contributed by atoms with van der Waals surface area (Å²) < 4.78 is 5.52. The molecule has 0 radical (unpaired) electrons. The number of carbonyl (C=O) groups excluding carboxylic acids is 1. The highest BCUT2D eigenvalue weighted by molar-refractivity contribution is 5.82. The van der Waals surface area contributed by atoms with Crippen molar-refractivity contribution in [2.75, 3.05) is 26.2 Å². The van der Waals surface area contributed by atoms with Gasteiger partial charge in [-0.25, -0.2) is 0 Å². The van der Waals surface area contributed by atoms with Crippen molar-refractivity contribution in [1.82, 2.24) is 15.5 Å². The minimum atomic E-state index is -0.261. The van der Waals surface area contributed by atoms with Gasteiger partial charge in [-0.1, -0.05) is 38.1 Å².